The number of hydrogen-bond acceptors (Lipinski definition) is 4. The number of oxazole rings is 1. The highest BCUT2D eigenvalue weighted by atomic mass is 16.4. The van der Waals surface area contributed by atoms with Crippen molar-refractivity contribution in [2.45, 2.75) is 26.2 Å². The van der Waals surface area contributed by atoms with Crippen LogP contribution in [0.1, 0.15) is 34.7 Å². The van der Waals surface area contributed by atoms with Crippen molar-refractivity contribution in [2.24, 2.45) is 5.92 Å². The number of amides is 1. The maximum Gasteiger partial charge on any atom is 0.307 e. The molecule has 1 aliphatic rings. The van der Waals surface area contributed by atoms with Crippen LogP contribution in [0.25, 0.3) is 11.1 Å². The zero-order chi connectivity index (χ0) is 19.3. The third kappa shape index (κ3) is 4.60. The van der Waals surface area contributed by atoms with Crippen LogP contribution in [-0.4, -0.2) is 42.0 Å². The number of nitrogens with zero attached hydrogens (tertiary/aromatic N) is 2. The van der Waals surface area contributed by atoms with Crippen molar-refractivity contribution >= 4 is 17.0 Å². The molecular formula is C23H27N3O2. The molecule has 1 aromatic heterocycles. The predicted molar refractivity (Wildman–Crippen MR) is 110 cm³/mol. The molecule has 4 rings (SSSR count). The average Bonchev–Trinajstić information content (AvgIpc) is 3.13. The summed E-state index contributed by atoms with van der Waals surface area (Å²) in [6.07, 6.45) is 3.60. The summed E-state index contributed by atoms with van der Waals surface area (Å²) < 4.78 is 5.56. The van der Waals surface area contributed by atoms with Crippen molar-refractivity contribution < 1.29 is 9.21 Å². The van der Waals surface area contributed by atoms with E-state index in [1.165, 1.54) is 24.8 Å². The molecule has 5 nitrogen and oxygen atoms in total. The minimum absolute atomic E-state index is 0.141. The number of hydrogen-bond donors (Lipinski definition) is 1. The maximum atomic E-state index is 12.3. The van der Waals surface area contributed by atoms with E-state index in [9.17, 15) is 4.79 Å². The average molecular weight is 377 g/mol. The minimum atomic E-state index is -0.243. The van der Waals surface area contributed by atoms with Gasteiger partial charge in [0.05, 0.1) is 0 Å². The fourth-order valence-corrected chi connectivity index (χ4v) is 3.90. The fourth-order valence-electron chi connectivity index (χ4n) is 3.90. The van der Waals surface area contributed by atoms with E-state index in [4.69, 9.17) is 4.42 Å². The van der Waals surface area contributed by atoms with E-state index in [2.05, 4.69) is 45.5 Å². The topological polar surface area (TPSA) is 58.4 Å². The zero-order valence-corrected chi connectivity index (χ0v) is 16.4. The van der Waals surface area contributed by atoms with E-state index in [1.54, 1.807) is 0 Å². The summed E-state index contributed by atoms with van der Waals surface area (Å²) >= 11 is 0. The van der Waals surface area contributed by atoms with Crippen molar-refractivity contribution in [3.63, 3.8) is 0 Å². The highest BCUT2D eigenvalue weighted by Gasteiger charge is 2.20. The largest absolute Gasteiger partial charge is 0.432 e. The molecular weight excluding hydrogens is 350 g/mol. The highest BCUT2D eigenvalue weighted by molar-refractivity contribution is 5.92. The van der Waals surface area contributed by atoms with Gasteiger partial charge in [0.15, 0.2) is 5.58 Å². The molecule has 1 saturated heterocycles. The fraction of sp³-hybridized carbons (Fsp3) is 0.391. The molecule has 2 aromatic carbocycles. The standard InChI is InChI=1S/C23H27N3O2/c1-17-7-8-21-20(15-17)25-23(28-21)22(27)24-11-14-26-12-9-19(10-13-26)16-18-5-3-2-4-6-18/h2-8,15,19H,9-14,16H2,1H3,(H,24,27). The molecule has 1 amide bonds. The van der Waals surface area contributed by atoms with E-state index in [-0.39, 0.29) is 11.8 Å². The van der Waals surface area contributed by atoms with Crippen molar-refractivity contribution in [3.05, 3.63) is 65.5 Å². The number of nitrogens with one attached hydrogen (secondary N) is 1. The van der Waals surface area contributed by atoms with Crippen LogP contribution >= 0.6 is 0 Å². The van der Waals surface area contributed by atoms with E-state index in [0.717, 1.165) is 36.6 Å². The van der Waals surface area contributed by atoms with Gasteiger partial charge < -0.3 is 14.6 Å². The third-order valence-electron chi connectivity index (χ3n) is 5.53. The lowest BCUT2D eigenvalue weighted by molar-refractivity contribution is 0.0911. The Kier molecular flexibility index (Phi) is 5.72. The van der Waals surface area contributed by atoms with E-state index in [0.29, 0.717) is 12.1 Å². The summed E-state index contributed by atoms with van der Waals surface area (Å²) in [4.78, 5) is 19.0. The van der Waals surface area contributed by atoms with Crippen LogP contribution in [-0.2, 0) is 6.42 Å². The van der Waals surface area contributed by atoms with Crippen LogP contribution in [0.15, 0.2) is 52.9 Å². The van der Waals surface area contributed by atoms with Gasteiger partial charge in [0.1, 0.15) is 5.52 Å². The van der Waals surface area contributed by atoms with E-state index in [1.807, 2.05) is 25.1 Å². The van der Waals surface area contributed by atoms with Gasteiger partial charge in [-0.3, -0.25) is 4.79 Å². The second-order valence-electron chi connectivity index (χ2n) is 7.72. The van der Waals surface area contributed by atoms with Crippen LogP contribution in [0.4, 0.5) is 0 Å². The zero-order valence-electron chi connectivity index (χ0n) is 16.4. The Morgan fingerprint density at radius 3 is 2.75 bits per heavy atom. The number of likely N-dealkylation sites (tertiary alicyclic amines) is 1. The molecule has 146 valence electrons. The first kappa shape index (κ1) is 18.7. The SMILES string of the molecule is Cc1ccc2oc(C(=O)NCCN3CCC(Cc4ccccc4)CC3)nc2c1. The summed E-state index contributed by atoms with van der Waals surface area (Å²) in [6, 6.07) is 16.5. The van der Waals surface area contributed by atoms with Gasteiger partial charge in [-0.1, -0.05) is 36.4 Å². The van der Waals surface area contributed by atoms with Crippen LogP contribution < -0.4 is 5.32 Å². The minimum Gasteiger partial charge on any atom is -0.432 e. The Morgan fingerprint density at radius 2 is 1.96 bits per heavy atom. The van der Waals surface area contributed by atoms with Crippen LogP contribution in [0.5, 0.6) is 0 Å². The Morgan fingerprint density at radius 1 is 1.18 bits per heavy atom. The van der Waals surface area contributed by atoms with Gasteiger partial charge in [-0.05, 0) is 68.5 Å². The Bertz CT molecular complexity index is 927. The number of benzene rings is 2. The summed E-state index contributed by atoms with van der Waals surface area (Å²) in [5.74, 6) is 0.659. The van der Waals surface area contributed by atoms with Crippen LogP contribution in [0, 0.1) is 12.8 Å². The Labute approximate surface area is 165 Å². The summed E-state index contributed by atoms with van der Waals surface area (Å²) in [5, 5.41) is 2.94. The van der Waals surface area contributed by atoms with Crippen molar-refractivity contribution in [2.75, 3.05) is 26.2 Å². The number of fused-ring (bicyclic) bond motifs is 1. The molecule has 1 N–H and O–H groups in total. The first-order valence-electron chi connectivity index (χ1n) is 10.1. The first-order chi connectivity index (χ1) is 13.7. The second-order valence-corrected chi connectivity index (χ2v) is 7.72. The van der Waals surface area contributed by atoms with Gasteiger partial charge >= 0.3 is 5.91 Å². The molecule has 0 bridgehead atoms. The number of carbonyl (C=O) groups is 1. The van der Waals surface area contributed by atoms with Gasteiger partial charge in [-0.25, -0.2) is 4.98 Å². The normalized spacial score (nSPS) is 15.8. The van der Waals surface area contributed by atoms with Gasteiger partial charge in [0, 0.05) is 13.1 Å². The number of piperidine rings is 1. The van der Waals surface area contributed by atoms with Crippen LogP contribution in [0.2, 0.25) is 0 Å². The van der Waals surface area contributed by atoms with Crippen molar-refractivity contribution in [3.8, 4) is 0 Å². The smallest absolute Gasteiger partial charge is 0.307 e. The molecule has 0 saturated carbocycles. The summed E-state index contributed by atoms with van der Waals surface area (Å²) in [7, 11) is 0. The molecule has 2 heterocycles. The summed E-state index contributed by atoms with van der Waals surface area (Å²) in [6.45, 7) is 5.66. The molecule has 1 aliphatic heterocycles. The van der Waals surface area contributed by atoms with Gasteiger partial charge in [0.25, 0.3) is 5.89 Å². The number of aryl methyl sites for hydroxylation is 1. The number of carbonyl (C=O) groups excluding carboxylic acids is 1. The molecule has 5 heteroatoms. The highest BCUT2D eigenvalue weighted by Crippen LogP contribution is 2.21. The van der Waals surface area contributed by atoms with Crippen molar-refractivity contribution in [1.29, 1.82) is 0 Å². The monoisotopic (exact) mass is 377 g/mol. The van der Waals surface area contributed by atoms with Gasteiger partial charge in [-0.15, -0.1) is 0 Å². The number of rotatable bonds is 6. The molecule has 1 fully saturated rings. The molecule has 28 heavy (non-hydrogen) atoms. The molecule has 0 radical (unpaired) electrons. The van der Waals surface area contributed by atoms with E-state index >= 15 is 0 Å². The summed E-state index contributed by atoms with van der Waals surface area (Å²) in [5.41, 5.74) is 3.91. The lowest BCUT2D eigenvalue weighted by Crippen LogP contribution is -2.40. The lowest BCUT2D eigenvalue weighted by Gasteiger charge is -2.32. The second kappa shape index (κ2) is 8.57. The first-order valence-corrected chi connectivity index (χ1v) is 10.1. The lowest BCUT2D eigenvalue weighted by atomic mass is 9.90. The molecule has 0 atom stereocenters. The quantitative estimate of drug-likeness (QED) is 0.709. The third-order valence-corrected chi connectivity index (χ3v) is 5.53. The maximum absolute atomic E-state index is 12.3. The van der Waals surface area contributed by atoms with Gasteiger partial charge in [-0.2, -0.15) is 0 Å². The van der Waals surface area contributed by atoms with Crippen LogP contribution in [0.3, 0.4) is 0 Å². The number of aromatic nitrogens is 1. The molecule has 0 spiro atoms. The molecule has 0 aliphatic carbocycles. The Hall–Kier alpha value is -2.66. The van der Waals surface area contributed by atoms with Gasteiger partial charge in [0.2, 0.25) is 0 Å². The predicted octanol–water partition coefficient (Wildman–Crippen LogP) is 3.82. The molecule has 3 aromatic rings. The van der Waals surface area contributed by atoms with E-state index < -0.39 is 0 Å². The molecule has 0 unspecified atom stereocenters. The Balaban J connectivity index is 1.20. The van der Waals surface area contributed by atoms with Crippen molar-refractivity contribution in [1.82, 2.24) is 15.2 Å².